The number of rotatable bonds is 5. The maximum atomic E-state index is 13.2. The second-order valence-corrected chi connectivity index (χ2v) is 13.9. The predicted molar refractivity (Wildman–Crippen MR) is 142 cm³/mol. The van der Waals surface area contributed by atoms with Gasteiger partial charge >= 0.3 is 4.87 Å². The number of halogens is 1. The maximum absolute atomic E-state index is 13.2. The van der Waals surface area contributed by atoms with Crippen LogP contribution in [0, 0.1) is 17.8 Å². The number of carbonyl (C=O) groups is 1. The summed E-state index contributed by atoms with van der Waals surface area (Å²) < 4.78 is 24.5. The molecule has 2 fully saturated rings. The summed E-state index contributed by atoms with van der Waals surface area (Å²) in [6, 6.07) is 13.6. The zero-order valence-corrected chi connectivity index (χ0v) is 22.3. The van der Waals surface area contributed by atoms with Gasteiger partial charge in [0.05, 0.1) is 9.92 Å². The number of nitrogens with two attached hydrogens (primary N) is 1. The van der Waals surface area contributed by atoms with E-state index in [1.807, 2.05) is 12.1 Å². The molecule has 2 saturated carbocycles. The number of hydrogen-bond acceptors (Lipinski definition) is 6. The molecule has 2 aromatic carbocycles. The first-order valence-electron chi connectivity index (χ1n) is 11.8. The lowest BCUT2D eigenvalue weighted by Gasteiger charge is -2.40. The van der Waals surface area contributed by atoms with Crippen LogP contribution in [0.15, 0.2) is 63.2 Å². The fraction of sp³-hybridized carbons (Fsp3) is 0.360. The van der Waals surface area contributed by atoms with Crippen LogP contribution in [0.1, 0.15) is 35.6 Å². The largest absolute Gasteiger partial charge is 0.325 e. The first-order valence-corrected chi connectivity index (χ1v) is 15.4. The third kappa shape index (κ3) is 4.22. The van der Waals surface area contributed by atoms with E-state index in [2.05, 4.69) is 17.4 Å². The lowest BCUT2D eigenvalue weighted by Crippen LogP contribution is -2.34. The van der Waals surface area contributed by atoms with Crippen LogP contribution in [-0.4, -0.2) is 24.1 Å². The van der Waals surface area contributed by atoms with Gasteiger partial charge in [-0.15, -0.1) is 11.8 Å². The standard InChI is InChI=1S/C25H24ClN3O4S3/c26-16-5-3-13(4-6-16)20-21-14-1-2-15(11-14)22(21)34-24-23(20)35-25(31)29(24)12-19(30)28-17-7-9-18(10-8-17)36(27,32)33/h3-10,14-15,20-22H,1-2,11-12H2,(H,28,30)(H2,27,32,33)/t14?,15?,20-,21?,22?/m0/s1. The Balaban J connectivity index is 1.31. The number of thiazole rings is 1. The summed E-state index contributed by atoms with van der Waals surface area (Å²) in [5.41, 5.74) is 1.61. The van der Waals surface area contributed by atoms with Gasteiger partial charge < -0.3 is 5.32 Å². The number of carbonyl (C=O) groups excluding carboxylic acids is 1. The second-order valence-electron chi connectivity index (χ2n) is 9.76. The summed E-state index contributed by atoms with van der Waals surface area (Å²) in [7, 11) is -3.81. The Hall–Kier alpha value is -2.11. The van der Waals surface area contributed by atoms with Crippen molar-refractivity contribution in [2.24, 2.45) is 22.9 Å². The summed E-state index contributed by atoms with van der Waals surface area (Å²) in [5, 5.41) is 9.93. The van der Waals surface area contributed by atoms with Gasteiger partial charge in [0.1, 0.15) is 6.54 Å². The smallest absolute Gasteiger partial charge is 0.308 e. The lowest BCUT2D eigenvalue weighted by molar-refractivity contribution is -0.116. The van der Waals surface area contributed by atoms with Crippen LogP contribution < -0.4 is 15.3 Å². The Morgan fingerprint density at radius 3 is 2.47 bits per heavy atom. The molecule has 1 aliphatic heterocycles. The number of nitrogens with one attached hydrogen (secondary N) is 1. The van der Waals surface area contributed by atoms with Gasteiger partial charge in [-0.1, -0.05) is 35.1 Å². The Morgan fingerprint density at radius 2 is 1.78 bits per heavy atom. The minimum absolute atomic E-state index is 0.0336. The third-order valence-electron chi connectivity index (χ3n) is 7.69. The minimum atomic E-state index is -3.81. The Bertz CT molecular complexity index is 1500. The van der Waals surface area contributed by atoms with Crippen molar-refractivity contribution in [3.63, 3.8) is 0 Å². The molecule has 3 N–H and O–H groups in total. The van der Waals surface area contributed by atoms with Crippen LogP contribution in [0.25, 0.3) is 0 Å². The number of thioether (sulfide) groups is 1. The monoisotopic (exact) mass is 561 g/mol. The Morgan fingerprint density at radius 1 is 1.08 bits per heavy atom. The molecular weight excluding hydrogens is 538 g/mol. The molecule has 0 saturated heterocycles. The van der Waals surface area contributed by atoms with Gasteiger partial charge in [0, 0.05) is 26.8 Å². The lowest BCUT2D eigenvalue weighted by atomic mass is 9.75. The van der Waals surface area contributed by atoms with Gasteiger partial charge in [-0.2, -0.15) is 0 Å². The average Bonchev–Trinajstić information content (AvgIpc) is 3.53. The molecule has 188 valence electrons. The number of amides is 1. The zero-order chi connectivity index (χ0) is 25.2. The molecule has 1 aromatic heterocycles. The number of fused-ring (bicyclic) bond motifs is 6. The van der Waals surface area contributed by atoms with E-state index in [1.54, 1.807) is 16.3 Å². The highest BCUT2D eigenvalue weighted by atomic mass is 35.5. The summed E-state index contributed by atoms with van der Waals surface area (Å²) in [6.07, 6.45) is 3.71. The second kappa shape index (κ2) is 9.02. The molecule has 3 aliphatic rings. The van der Waals surface area contributed by atoms with Crippen molar-refractivity contribution >= 4 is 56.3 Å². The number of aromatic nitrogens is 1. The van der Waals surface area contributed by atoms with Crippen molar-refractivity contribution in [3.05, 3.63) is 73.7 Å². The van der Waals surface area contributed by atoms with Gasteiger partial charge in [-0.25, -0.2) is 13.6 Å². The van der Waals surface area contributed by atoms with Crippen LogP contribution in [-0.2, 0) is 21.4 Å². The molecule has 2 heterocycles. The highest BCUT2D eigenvalue weighted by molar-refractivity contribution is 8.00. The van der Waals surface area contributed by atoms with E-state index in [4.69, 9.17) is 16.7 Å². The quantitative estimate of drug-likeness (QED) is 0.476. The van der Waals surface area contributed by atoms with E-state index in [1.165, 1.54) is 60.4 Å². The van der Waals surface area contributed by atoms with Gasteiger partial charge in [0.15, 0.2) is 0 Å². The SMILES string of the molecule is NS(=O)(=O)c1ccc(NC(=O)Cn2c3c(sc2=O)[C@@H](c2ccc(Cl)cc2)C2C4CCC(C4)C2S3)cc1. The van der Waals surface area contributed by atoms with Crippen LogP contribution in [0.2, 0.25) is 5.02 Å². The van der Waals surface area contributed by atoms with E-state index < -0.39 is 10.0 Å². The summed E-state index contributed by atoms with van der Waals surface area (Å²) in [6.45, 7) is -0.104. The molecule has 36 heavy (non-hydrogen) atoms. The molecule has 6 rings (SSSR count). The highest BCUT2D eigenvalue weighted by Crippen LogP contribution is 2.64. The molecule has 4 unspecified atom stereocenters. The van der Waals surface area contributed by atoms with Gasteiger partial charge in [0.2, 0.25) is 15.9 Å². The number of benzene rings is 2. The van der Waals surface area contributed by atoms with E-state index >= 15 is 0 Å². The van der Waals surface area contributed by atoms with Crippen molar-refractivity contribution in [3.8, 4) is 0 Å². The number of primary sulfonamides is 1. The molecule has 0 spiro atoms. The van der Waals surface area contributed by atoms with Crippen molar-refractivity contribution < 1.29 is 13.2 Å². The summed E-state index contributed by atoms with van der Waals surface area (Å²) in [4.78, 5) is 26.9. The fourth-order valence-corrected chi connectivity index (χ4v) is 9.99. The summed E-state index contributed by atoms with van der Waals surface area (Å²) >= 11 is 9.20. The normalized spacial score (nSPS) is 26.4. The molecule has 2 bridgehead atoms. The topological polar surface area (TPSA) is 111 Å². The van der Waals surface area contributed by atoms with Crippen LogP contribution >= 0.6 is 34.7 Å². The zero-order valence-electron chi connectivity index (χ0n) is 19.1. The van der Waals surface area contributed by atoms with Gasteiger partial charge in [0.25, 0.3) is 0 Å². The first kappa shape index (κ1) is 24.2. The molecule has 1 amide bonds. The van der Waals surface area contributed by atoms with E-state index in [9.17, 15) is 18.0 Å². The van der Waals surface area contributed by atoms with Gasteiger partial charge in [-0.05, 0) is 79.0 Å². The summed E-state index contributed by atoms with van der Waals surface area (Å²) in [5.74, 6) is 1.57. The Labute approximate surface area is 222 Å². The number of hydrogen-bond donors (Lipinski definition) is 2. The first-order chi connectivity index (χ1) is 17.2. The van der Waals surface area contributed by atoms with Crippen molar-refractivity contribution in [1.29, 1.82) is 0 Å². The molecule has 11 heteroatoms. The Kier molecular flexibility index (Phi) is 6.07. The van der Waals surface area contributed by atoms with Gasteiger partial charge in [-0.3, -0.25) is 14.2 Å². The minimum Gasteiger partial charge on any atom is -0.325 e. The van der Waals surface area contributed by atoms with E-state index in [0.717, 1.165) is 9.90 Å². The third-order valence-corrected chi connectivity index (χ3v) is 11.7. The highest BCUT2D eigenvalue weighted by Gasteiger charge is 2.55. The van der Waals surface area contributed by atoms with Crippen LogP contribution in [0.3, 0.4) is 0 Å². The van der Waals surface area contributed by atoms with Crippen LogP contribution in [0.4, 0.5) is 5.69 Å². The number of nitrogens with zero attached hydrogens (tertiary/aromatic N) is 1. The van der Waals surface area contributed by atoms with E-state index in [-0.39, 0.29) is 28.1 Å². The molecule has 0 radical (unpaired) electrons. The number of sulfonamides is 1. The molecule has 3 aromatic rings. The molecule has 7 nitrogen and oxygen atoms in total. The van der Waals surface area contributed by atoms with Crippen molar-refractivity contribution in [2.45, 2.75) is 46.9 Å². The molecular formula is C25H24ClN3O4S3. The molecule has 2 aliphatic carbocycles. The van der Waals surface area contributed by atoms with E-state index in [0.29, 0.717) is 33.7 Å². The fourth-order valence-electron chi connectivity index (χ4n) is 6.20. The van der Waals surface area contributed by atoms with Crippen molar-refractivity contribution in [2.75, 3.05) is 5.32 Å². The maximum Gasteiger partial charge on any atom is 0.308 e. The predicted octanol–water partition coefficient (Wildman–Crippen LogP) is 4.50. The average molecular weight is 562 g/mol. The van der Waals surface area contributed by atoms with Crippen LogP contribution in [0.5, 0.6) is 0 Å². The number of anilines is 1. The van der Waals surface area contributed by atoms with Crippen molar-refractivity contribution in [1.82, 2.24) is 4.57 Å². The molecule has 5 atom stereocenters.